The van der Waals surface area contributed by atoms with Crippen LogP contribution in [0.15, 0.2) is 146 Å². The van der Waals surface area contributed by atoms with E-state index in [1.54, 1.807) is 0 Å². The molecule has 9 rings (SSSR count). The van der Waals surface area contributed by atoms with E-state index in [1.807, 2.05) is 0 Å². The number of nitrogens with zero attached hydrogens (tertiary/aromatic N) is 6. The Morgan fingerprint density at radius 2 is 0.405 bits per heavy atom. The summed E-state index contributed by atoms with van der Waals surface area (Å²) in [4.78, 5) is 14.0. The number of hydrogen-bond acceptors (Lipinski definition) is 13. The van der Waals surface area contributed by atoms with Gasteiger partial charge in [0.1, 0.15) is 0 Å². The van der Waals surface area contributed by atoms with E-state index in [4.69, 9.17) is 25.9 Å². The van der Waals surface area contributed by atoms with Crippen LogP contribution in [0.1, 0.15) is 318 Å². The molecule has 0 saturated carbocycles. The summed E-state index contributed by atoms with van der Waals surface area (Å²) in [5, 5.41) is 0. The van der Waals surface area contributed by atoms with Gasteiger partial charge in [-0.05, 0) is 181 Å². The van der Waals surface area contributed by atoms with E-state index < -0.39 is 66.1 Å². The Hall–Kier alpha value is -5.90. The van der Waals surface area contributed by atoms with Crippen molar-refractivity contribution in [2.24, 2.45) is 0 Å². The molecule has 3 aliphatic rings. The number of alkyl halides is 12. The van der Waals surface area contributed by atoms with E-state index in [9.17, 15) is 83.1 Å². The molecule has 2 N–H and O–H groups in total. The Morgan fingerprint density at radius 1 is 0.305 bits per heavy atom. The van der Waals surface area contributed by atoms with Crippen LogP contribution in [0.5, 0.6) is 0 Å². The van der Waals surface area contributed by atoms with E-state index in [2.05, 4.69) is 366 Å². The fourth-order valence-electron chi connectivity index (χ4n) is 13.0. The van der Waals surface area contributed by atoms with Crippen LogP contribution in [0.2, 0.25) is 0 Å². The fourth-order valence-corrected chi connectivity index (χ4v) is 13.4. The number of para-hydroxylation sites is 6. The first kappa shape index (κ1) is 136. The van der Waals surface area contributed by atoms with Gasteiger partial charge in [-0.3, -0.25) is 13.5 Å². The summed E-state index contributed by atoms with van der Waals surface area (Å²) in [5.74, 6) is 5.76. The predicted molar refractivity (Wildman–Crippen MR) is 489 cm³/mol. The first-order chi connectivity index (χ1) is 57.1. The van der Waals surface area contributed by atoms with E-state index in [0.29, 0.717) is 78.2 Å². The quantitative estimate of drug-likeness (QED) is 0.0185. The molecular weight excluding hydrogens is 2360 g/mol. The minimum atomic E-state index is -6.21. The molecular formula is C93H131Au3F17N6O9S3-4. The van der Waals surface area contributed by atoms with Crippen molar-refractivity contribution in [2.75, 3.05) is 36.6 Å². The van der Waals surface area contributed by atoms with Gasteiger partial charge < -0.3 is 73.6 Å². The van der Waals surface area contributed by atoms with Gasteiger partial charge in [-0.25, -0.2) is 0 Å². The topological polar surface area (TPSA) is 172 Å². The Labute approximate surface area is 817 Å². The molecule has 15 nitrogen and oxygen atoms in total. The molecule has 0 atom stereocenters. The summed E-state index contributed by atoms with van der Waals surface area (Å²) in [6.45, 7) is 59.1. The van der Waals surface area contributed by atoms with Gasteiger partial charge in [0.2, 0.25) is 0 Å². The molecule has 0 saturated heterocycles. The second kappa shape index (κ2) is 59.3. The van der Waals surface area contributed by atoms with Crippen LogP contribution >= 0.6 is 0 Å². The maximum Gasteiger partial charge on any atom is 3.00 e. The zero-order valence-corrected chi connectivity index (χ0v) is 88.5. The molecule has 0 amide bonds. The molecule has 0 bridgehead atoms. The number of anilines is 6. The molecule has 3 heterocycles. The molecule has 0 aliphatic carbocycles. The van der Waals surface area contributed by atoms with Crippen molar-refractivity contribution in [3.63, 3.8) is 0 Å². The summed E-state index contributed by atoms with van der Waals surface area (Å²) < 4.78 is 253. The average Bonchev–Trinajstić information content (AvgIpc) is 1.66. The van der Waals surface area contributed by atoms with Gasteiger partial charge in [-0.1, -0.05) is 275 Å². The van der Waals surface area contributed by atoms with Crippen LogP contribution in [0.25, 0.3) is 0 Å². The molecule has 0 aromatic heterocycles. The smallest absolute Gasteiger partial charge is 0.479 e. The van der Waals surface area contributed by atoms with Gasteiger partial charge in [0, 0.05) is 63.4 Å². The number of halogens is 17. The number of hydrogen-bond donors (Lipinski definition) is 2. The molecule has 0 fully saturated rings. The summed E-state index contributed by atoms with van der Waals surface area (Å²) in [7, 11) is -17.4. The standard InChI is InChI=1S/3C27H37N2.C3H3F5O3S.C2H3F2.2CHF3O3S.CF3.CH3F.3CH3.3Au/c3*1-18(2)22-11-9-12-23(19(3)4)26(22)28-15-16-29(17-28)27-24(20(5)6)13-10-14-25(27)21(7)8;1-2(4,5)11-12(9,10)3(6,7)8;1-2(3)4;2*2-1(3,4)8(5,6)7;2-1(3)4;1-2;;;;;;/h3*9-21H,1-8H3;1H3;1H3;2*(H,5,6,7);;1H3;3*1H3;;;/q3*-1;;-1;;;-1;;3*-1;;+1;+3. The fraction of sp³-hybridized carbons (Fsp3) is 0.462. The van der Waals surface area contributed by atoms with E-state index in [1.165, 1.54) is 101 Å². The Bertz CT molecular complexity index is 4020. The maximum absolute atomic E-state index is 11.6. The average molecular weight is 2490 g/mol. The Balaban J connectivity index is -0.000000367. The molecule has 0 spiro atoms. The monoisotopic (exact) mass is 2490 g/mol. The van der Waals surface area contributed by atoms with Gasteiger partial charge in [0.15, 0.2) is 6.68 Å². The van der Waals surface area contributed by atoms with Crippen LogP contribution in [0.4, 0.5) is 109 Å². The first-order valence-corrected chi connectivity index (χ1v) is 44.3. The molecule has 6 aromatic carbocycles. The third-order valence-electron chi connectivity index (χ3n) is 18.6. The largest absolute Gasteiger partial charge is 3.00 e. The Kier molecular flexibility index (Phi) is 61.5. The number of rotatable bonds is 20. The van der Waals surface area contributed by atoms with Gasteiger partial charge in [-0.15, -0.1) is 26.9 Å². The van der Waals surface area contributed by atoms with Crippen LogP contribution in [0.3, 0.4) is 0 Å². The van der Waals surface area contributed by atoms with Crippen LogP contribution < -0.4 is 29.4 Å². The molecule has 38 heteroatoms. The molecule has 0 unspecified atom stereocenters. The van der Waals surface area contributed by atoms with Crippen molar-refractivity contribution in [3.05, 3.63) is 269 Å². The van der Waals surface area contributed by atoms with Gasteiger partial charge in [0.25, 0.3) is 0 Å². The van der Waals surface area contributed by atoms with Crippen molar-refractivity contribution in [2.45, 2.75) is 274 Å². The van der Waals surface area contributed by atoms with Crippen LogP contribution in [-0.4, -0.2) is 64.2 Å². The van der Waals surface area contributed by atoms with E-state index in [0.717, 1.165) is 6.92 Å². The first-order valence-electron chi connectivity index (χ1n) is 40.0. The summed E-state index contributed by atoms with van der Waals surface area (Å²) in [5.41, 5.74) is 7.96. The van der Waals surface area contributed by atoms with E-state index in [-0.39, 0.29) is 96.3 Å². The van der Waals surface area contributed by atoms with Crippen LogP contribution in [0, 0.1) is 55.4 Å². The van der Waals surface area contributed by atoms with E-state index >= 15 is 0 Å². The van der Waals surface area contributed by atoms with Crippen molar-refractivity contribution >= 4 is 64.5 Å². The van der Waals surface area contributed by atoms with Gasteiger partial charge in [-0.2, -0.15) is 77.7 Å². The van der Waals surface area contributed by atoms with Crippen molar-refractivity contribution in [1.82, 2.24) is 0 Å². The molecule has 6 aromatic rings. The summed E-state index contributed by atoms with van der Waals surface area (Å²) in [6.07, 6.45) is 7.35. The number of benzene rings is 6. The third-order valence-corrected chi connectivity index (χ3v) is 20.9. The molecule has 1 radical (unpaired) electrons. The molecule has 131 heavy (non-hydrogen) atoms. The molecule has 3 aliphatic heterocycles. The normalized spacial score (nSPS) is 13.2. The minimum absolute atomic E-state index is 0. The zero-order chi connectivity index (χ0) is 97.2. The minimum Gasteiger partial charge on any atom is -0.479 e. The summed E-state index contributed by atoms with van der Waals surface area (Å²) >= 11 is 0. The predicted octanol–water partition coefficient (Wildman–Crippen LogP) is 31.3. The van der Waals surface area contributed by atoms with Gasteiger partial charge in [0.05, 0.1) is 7.18 Å². The zero-order valence-electron chi connectivity index (χ0n) is 79.5. The maximum atomic E-state index is 11.6. The Morgan fingerprint density at radius 3 is 0.466 bits per heavy atom. The van der Waals surface area contributed by atoms with Crippen molar-refractivity contribution in [1.29, 1.82) is 0 Å². The van der Waals surface area contributed by atoms with Gasteiger partial charge >= 0.3 is 97.7 Å². The van der Waals surface area contributed by atoms with Crippen LogP contribution in [-0.2, 0) is 102 Å². The second-order valence-corrected chi connectivity index (χ2v) is 36.9. The molecule has 761 valence electrons. The van der Waals surface area contributed by atoms with Crippen molar-refractivity contribution in [3.8, 4) is 0 Å². The third kappa shape index (κ3) is 41.9. The van der Waals surface area contributed by atoms with Crippen molar-refractivity contribution < 1.29 is 180 Å². The SMILES string of the molecule is CC(C)c1cccc(C(C)C)c1N1C=CN(c2c(C(C)C)cccc2C(C)C)[CH-]1.CC(C)c1cccc(C(C)C)c1N1C=CN(c2c(C(C)C)cccc2C(C)C)[CH-]1.CC(C)c1cccc(C(C)C)c1N1C=CN(c2c(C(C)C)cccc2C(C)C)[CH-]1.CC(F)(F)OS(=O)(=O)C(F)(F)F.CF.C[C-](F)F.F[C-](F)F.O=S(=O)(O)C(F)(F)F.O=S(=O)(O)C(F)(F)F.[Au+3].[Au+].[Au].[CH3-].[CH3-].[CH3-]. The second-order valence-electron chi connectivity index (χ2n) is 32.5. The summed E-state index contributed by atoms with van der Waals surface area (Å²) in [6, 6.07) is 40.5.